The molecule has 0 bridgehead atoms. The van der Waals surface area contributed by atoms with Crippen LogP contribution < -0.4 is 15.4 Å². The van der Waals surface area contributed by atoms with Gasteiger partial charge in [0.05, 0.1) is 6.20 Å². The van der Waals surface area contributed by atoms with Gasteiger partial charge in [-0.3, -0.25) is 10.3 Å². The zero-order valence-electron chi connectivity index (χ0n) is 13.4. The summed E-state index contributed by atoms with van der Waals surface area (Å²) in [7, 11) is 0. The maximum Gasteiger partial charge on any atom is 0.320 e. The van der Waals surface area contributed by atoms with Crippen molar-refractivity contribution in [3.05, 3.63) is 59.9 Å². The smallest absolute Gasteiger partial charge is 0.320 e. The summed E-state index contributed by atoms with van der Waals surface area (Å²) < 4.78 is 33.1. The molecule has 2 heterocycles. The topological polar surface area (TPSA) is 66.5 Å². The molecule has 8 heteroatoms. The molecule has 1 fully saturated rings. The Morgan fingerprint density at radius 2 is 2.08 bits per heavy atom. The Kier molecular flexibility index (Phi) is 5.39. The third-order valence-electron chi connectivity index (χ3n) is 3.79. The normalized spacial score (nSPS) is 15.5. The predicted molar refractivity (Wildman–Crippen MR) is 86.9 cm³/mol. The number of rotatable bonds is 4. The lowest BCUT2D eigenvalue weighted by Crippen LogP contribution is -2.51. The molecule has 1 aliphatic heterocycles. The van der Waals surface area contributed by atoms with Gasteiger partial charge in [0.15, 0.2) is 0 Å². The van der Waals surface area contributed by atoms with Crippen LogP contribution in [-0.4, -0.2) is 42.1 Å². The fraction of sp³-hybridized carbons (Fsp3) is 0.294. The van der Waals surface area contributed by atoms with Gasteiger partial charge >= 0.3 is 6.03 Å². The Morgan fingerprint density at radius 1 is 1.28 bits per heavy atom. The number of aromatic nitrogens is 1. The lowest BCUT2D eigenvalue weighted by Gasteiger charge is -2.30. The fourth-order valence-corrected chi connectivity index (χ4v) is 2.51. The molecule has 6 nitrogen and oxygen atoms in total. The van der Waals surface area contributed by atoms with E-state index in [4.69, 9.17) is 4.74 Å². The van der Waals surface area contributed by atoms with Crippen molar-refractivity contribution in [1.29, 1.82) is 0 Å². The first-order valence-corrected chi connectivity index (χ1v) is 7.91. The van der Waals surface area contributed by atoms with E-state index in [2.05, 4.69) is 15.6 Å². The summed E-state index contributed by atoms with van der Waals surface area (Å²) in [6.45, 7) is 2.45. The van der Waals surface area contributed by atoms with Gasteiger partial charge in [0.1, 0.15) is 17.4 Å². The van der Waals surface area contributed by atoms with Crippen molar-refractivity contribution in [2.75, 3.05) is 26.2 Å². The predicted octanol–water partition coefficient (Wildman–Crippen LogP) is 2.05. The van der Waals surface area contributed by atoms with Gasteiger partial charge in [-0.1, -0.05) is 0 Å². The molecule has 0 saturated carbocycles. The van der Waals surface area contributed by atoms with E-state index < -0.39 is 17.9 Å². The average molecular weight is 348 g/mol. The molecule has 0 spiro atoms. The fourth-order valence-electron chi connectivity index (χ4n) is 2.51. The van der Waals surface area contributed by atoms with Crippen LogP contribution in [0.1, 0.15) is 11.8 Å². The van der Waals surface area contributed by atoms with Crippen molar-refractivity contribution >= 4 is 6.03 Å². The molecule has 132 valence electrons. The van der Waals surface area contributed by atoms with E-state index >= 15 is 0 Å². The molecular formula is C17H18F2N4O2. The second-order valence-corrected chi connectivity index (χ2v) is 5.54. The van der Waals surface area contributed by atoms with Crippen LogP contribution in [-0.2, 0) is 0 Å². The third-order valence-corrected chi connectivity index (χ3v) is 3.79. The quantitative estimate of drug-likeness (QED) is 0.830. The van der Waals surface area contributed by atoms with E-state index in [0.29, 0.717) is 31.9 Å². The van der Waals surface area contributed by atoms with Crippen molar-refractivity contribution < 1.29 is 18.3 Å². The minimum absolute atomic E-state index is 0.0359. The Bertz CT molecular complexity index is 724. The number of piperazine rings is 1. The summed E-state index contributed by atoms with van der Waals surface area (Å²) in [5.74, 6) is -1.14. The van der Waals surface area contributed by atoms with E-state index in [9.17, 15) is 13.6 Å². The molecule has 2 aromatic rings. The molecule has 1 saturated heterocycles. The van der Waals surface area contributed by atoms with E-state index in [-0.39, 0.29) is 11.6 Å². The first-order chi connectivity index (χ1) is 12.1. The van der Waals surface area contributed by atoms with Crippen LogP contribution in [0.4, 0.5) is 13.6 Å². The first-order valence-electron chi connectivity index (χ1n) is 7.91. The number of nitrogens with one attached hydrogen (secondary N) is 2. The van der Waals surface area contributed by atoms with Gasteiger partial charge in [0, 0.05) is 44.0 Å². The third kappa shape index (κ3) is 4.42. The summed E-state index contributed by atoms with van der Waals surface area (Å²) in [5.41, 5.74) is 0.0359. The molecule has 1 atom stereocenters. The zero-order valence-corrected chi connectivity index (χ0v) is 13.4. The number of carbonyl (C=O) groups is 1. The van der Waals surface area contributed by atoms with Crippen LogP contribution >= 0.6 is 0 Å². The maximum absolute atomic E-state index is 14.2. The summed E-state index contributed by atoms with van der Waals surface area (Å²) in [5, 5.41) is 5.81. The van der Waals surface area contributed by atoms with Gasteiger partial charge in [0.2, 0.25) is 6.23 Å². The minimum atomic E-state index is -1.10. The van der Waals surface area contributed by atoms with E-state index in [1.807, 2.05) is 0 Å². The van der Waals surface area contributed by atoms with Gasteiger partial charge in [-0.05, 0) is 24.3 Å². The van der Waals surface area contributed by atoms with Crippen LogP contribution in [0.5, 0.6) is 5.75 Å². The summed E-state index contributed by atoms with van der Waals surface area (Å²) in [4.78, 5) is 18.0. The van der Waals surface area contributed by atoms with Crippen LogP contribution in [0.2, 0.25) is 0 Å². The molecule has 3 rings (SSSR count). The molecule has 1 aliphatic rings. The van der Waals surface area contributed by atoms with Crippen LogP contribution in [0, 0.1) is 11.6 Å². The monoisotopic (exact) mass is 348 g/mol. The highest BCUT2D eigenvalue weighted by molar-refractivity contribution is 5.74. The van der Waals surface area contributed by atoms with Crippen molar-refractivity contribution in [2.24, 2.45) is 0 Å². The van der Waals surface area contributed by atoms with Gasteiger partial charge in [-0.15, -0.1) is 0 Å². The SMILES string of the molecule is O=C(NC(Oc1cccnc1)c1ccc(F)cc1F)N1CCNCC1. The number of hydrogen-bond donors (Lipinski definition) is 2. The number of pyridine rings is 1. The van der Waals surface area contributed by atoms with Gasteiger partial charge < -0.3 is 15.0 Å². The van der Waals surface area contributed by atoms with Crippen LogP contribution in [0.15, 0.2) is 42.7 Å². The van der Waals surface area contributed by atoms with Crippen molar-refractivity contribution in [1.82, 2.24) is 20.5 Å². The molecule has 2 amide bonds. The molecule has 1 aromatic carbocycles. The number of urea groups is 1. The highest BCUT2D eigenvalue weighted by Crippen LogP contribution is 2.22. The van der Waals surface area contributed by atoms with Gasteiger partial charge in [-0.2, -0.15) is 0 Å². The van der Waals surface area contributed by atoms with Crippen LogP contribution in [0.3, 0.4) is 0 Å². The molecule has 0 aliphatic carbocycles. The lowest BCUT2D eigenvalue weighted by atomic mass is 10.1. The number of nitrogens with zero attached hydrogens (tertiary/aromatic N) is 2. The number of halogens is 2. The number of benzene rings is 1. The highest BCUT2D eigenvalue weighted by Gasteiger charge is 2.24. The second kappa shape index (κ2) is 7.89. The van der Waals surface area contributed by atoms with Gasteiger partial charge in [-0.25, -0.2) is 13.6 Å². The number of amides is 2. The lowest BCUT2D eigenvalue weighted by molar-refractivity contribution is 0.137. The Labute approximate surface area is 143 Å². The van der Waals surface area contributed by atoms with Crippen molar-refractivity contribution in [3.63, 3.8) is 0 Å². The first kappa shape index (κ1) is 17.1. The standard InChI is InChI=1S/C17H18F2N4O2/c18-12-3-4-14(15(19)10-12)16(25-13-2-1-5-21-11-13)22-17(24)23-8-6-20-7-9-23/h1-5,10-11,16,20H,6-9H2,(H,22,24). The number of carbonyl (C=O) groups excluding carboxylic acids is 1. The molecule has 0 radical (unpaired) electrons. The summed E-state index contributed by atoms with van der Waals surface area (Å²) in [6, 6.07) is 6.05. The molecule has 1 aromatic heterocycles. The Hall–Kier alpha value is -2.74. The van der Waals surface area contributed by atoms with Crippen molar-refractivity contribution in [3.8, 4) is 5.75 Å². The van der Waals surface area contributed by atoms with Crippen molar-refractivity contribution in [2.45, 2.75) is 6.23 Å². The minimum Gasteiger partial charge on any atom is -0.465 e. The van der Waals surface area contributed by atoms with E-state index in [0.717, 1.165) is 12.1 Å². The molecule has 2 N–H and O–H groups in total. The van der Waals surface area contributed by atoms with E-state index in [1.54, 1.807) is 23.2 Å². The molecular weight excluding hydrogens is 330 g/mol. The number of ether oxygens (including phenoxy) is 1. The van der Waals surface area contributed by atoms with Gasteiger partial charge in [0.25, 0.3) is 0 Å². The summed E-state index contributed by atoms with van der Waals surface area (Å²) >= 11 is 0. The Balaban J connectivity index is 1.81. The average Bonchev–Trinajstić information content (AvgIpc) is 2.63. The van der Waals surface area contributed by atoms with E-state index in [1.165, 1.54) is 12.3 Å². The maximum atomic E-state index is 14.2. The largest absolute Gasteiger partial charge is 0.465 e. The zero-order chi connectivity index (χ0) is 17.6. The molecule has 1 unspecified atom stereocenters. The second-order valence-electron chi connectivity index (χ2n) is 5.54. The highest BCUT2D eigenvalue weighted by atomic mass is 19.1. The Morgan fingerprint density at radius 3 is 2.76 bits per heavy atom. The summed E-state index contributed by atoms with van der Waals surface area (Å²) in [6.07, 6.45) is 1.91. The molecule has 25 heavy (non-hydrogen) atoms. The number of hydrogen-bond acceptors (Lipinski definition) is 4. The van der Waals surface area contributed by atoms with Crippen LogP contribution in [0.25, 0.3) is 0 Å².